The van der Waals surface area contributed by atoms with Crippen LogP contribution in [0.4, 0.5) is 10.1 Å². The molecule has 0 saturated carbocycles. The van der Waals surface area contributed by atoms with Gasteiger partial charge in [-0.3, -0.25) is 4.79 Å². The predicted octanol–water partition coefficient (Wildman–Crippen LogP) is 4.86. The molecule has 2 aromatic carbocycles. The summed E-state index contributed by atoms with van der Waals surface area (Å²) in [7, 11) is 0. The van der Waals surface area contributed by atoms with Gasteiger partial charge in [0, 0.05) is 29.9 Å². The molecule has 1 aromatic heterocycles. The Morgan fingerprint density at radius 2 is 1.68 bits per heavy atom. The molecule has 0 radical (unpaired) electrons. The van der Waals surface area contributed by atoms with Gasteiger partial charge in [0.2, 0.25) is 17.6 Å². The summed E-state index contributed by atoms with van der Waals surface area (Å²) in [5, 5.41) is 7.08. The van der Waals surface area contributed by atoms with Gasteiger partial charge >= 0.3 is 0 Å². The lowest BCUT2D eigenvalue weighted by Crippen LogP contribution is -2.44. The van der Waals surface area contributed by atoms with Gasteiger partial charge in [-0.15, -0.1) is 0 Å². The number of ether oxygens (including phenoxy) is 1. The standard InChI is InChI=1S/C24H26FN3O3/c1-23(2,3)22-27-20(28-31-22)16-4-10-19(11-5-16)26-21(29)24(12-14-30-15-13-24)17-6-8-18(25)9-7-17/h4-11H,12-15H2,1-3H3,(H,26,29). The molecule has 162 valence electrons. The van der Waals surface area contributed by atoms with Crippen LogP contribution in [0.2, 0.25) is 0 Å². The molecule has 4 rings (SSSR count). The number of anilines is 1. The molecule has 1 aliphatic rings. The van der Waals surface area contributed by atoms with Crippen LogP contribution in [0, 0.1) is 5.82 Å². The van der Waals surface area contributed by atoms with E-state index in [1.54, 1.807) is 12.1 Å². The highest BCUT2D eigenvalue weighted by atomic mass is 19.1. The van der Waals surface area contributed by atoms with Crippen LogP contribution in [0.1, 0.15) is 45.1 Å². The van der Waals surface area contributed by atoms with E-state index in [1.165, 1.54) is 12.1 Å². The maximum Gasteiger partial charge on any atom is 0.235 e. The molecule has 31 heavy (non-hydrogen) atoms. The fourth-order valence-electron chi connectivity index (χ4n) is 3.73. The first kappa shape index (κ1) is 21.2. The van der Waals surface area contributed by atoms with Crippen molar-refractivity contribution >= 4 is 11.6 Å². The van der Waals surface area contributed by atoms with E-state index in [1.807, 2.05) is 45.0 Å². The Morgan fingerprint density at radius 1 is 1.03 bits per heavy atom. The third-order valence-corrected chi connectivity index (χ3v) is 5.65. The van der Waals surface area contributed by atoms with Gasteiger partial charge in [-0.25, -0.2) is 4.39 Å². The molecular weight excluding hydrogens is 397 g/mol. The Bertz CT molecular complexity index is 1050. The molecule has 1 amide bonds. The minimum absolute atomic E-state index is 0.121. The van der Waals surface area contributed by atoms with Crippen LogP contribution in [-0.2, 0) is 20.4 Å². The molecule has 3 aromatic rings. The summed E-state index contributed by atoms with van der Waals surface area (Å²) in [6.07, 6.45) is 1.09. The number of benzene rings is 2. The molecule has 0 bridgehead atoms. The van der Waals surface area contributed by atoms with Crippen molar-refractivity contribution in [2.75, 3.05) is 18.5 Å². The second kappa shape index (κ2) is 8.23. The number of carbonyl (C=O) groups excluding carboxylic acids is 1. The Balaban J connectivity index is 1.54. The molecule has 1 fully saturated rings. The van der Waals surface area contributed by atoms with E-state index in [9.17, 15) is 9.18 Å². The van der Waals surface area contributed by atoms with Crippen LogP contribution in [0.5, 0.6) is 0 Å². The molecular formula is C24H26FN3O3. The first-order chi connectivity index (χ1) is 14.8. The molecule has 2 heterocycles. The van der Waals surface area contributed by atoms with Crippen molar-refractivity contribution in [3.05, 3.63) is 65.8 Å². The topological polar surface area (TPSA) is 77.2 Å². The SMILES string of the molecule is CC(C)(C)c1nc(-c2ccc(NC(=O)C3(c4ccc(F)cc4)CCOCC3)cc2)no1. The monoisotopic (exact) mass is 423 g/mol. The fourth-order valence-corrected chi connectivity index (χ4v) is 3.73. The van der Waals surface area contributed by atoms with E-state index >= 15 is 0 Å². The summed E-state index contributed by atoms with van der Waals surface area (Å²) in [6, 6.07) is 13.5. The maximum absolute atomic E-state index is 13.4. The molecule has 1 saturated heterocycles. The zero-order valence-electron chi connectivity index (χ0n) is 17.9. The van der Waals surface area contributed by atoms with Crippen LogP contribution in [0.3, 0.4) is 0 Å². The Hall–Kier alpha value is -3.06. The number of carbonyl (C=O) groups is 1. The summed E-state index contributed by atoms with van der Waals surface area (Å²) in [6.45, 7) is 7.00. The number of halogens is 1. The van der Waals surface area contributed by atoms with Crippen molar-refractivity contribution in [2.24, 2.45) is 0 Å². The highest BCUT2D eigenvalue weighted by molar-refractivity contribution is 5.99. The predicted molar refractivity (Wildman–Crippen MR) is 115 cm³/mol. The summed E-state index contributed by atoms with van der Waals surface area (Å²) < 4.78 is 24.3. The third-order valence-electron chi connectivity index (χ3n) is 5.65. The van der Waals surface area contributed by atoms with Gasteiger partial charge < -0.3 is 14.6 Å². The van der Waals surface area contributed by atoms with Gasteiger partial charge in [-0.05, 0) is 54.8 Å². The van der Waals surface area contributed by atoms with Gasteiger partial charge in [0.25, 0.3) is 0 Å². The van der Waals surface area contributed by atoms with Gasteiger partial charge in [-0.1, -0.05) is 38.1 Å². The van der Waals surface area contributed by atoms with E-state index in [2.05, 4.69) is 15.5 Å². The molecule has 0 atom stereocenters. The fraction of sp³-hybridized carbons (Fsp3) is 0.375. The average molecular weight is 423 g/mol. The van der Waals surface area contributed by atoms with Gasteiger partial charge in [0.1, 0.15) is 5.82 Å². The number of hydrogen-bond donors (Lipinski definition) is 1. The van der Waals surface area contributed by atoms with E-state index < -0.39 is 5.41 Å². The van der Waals surface area contributed by atoms with Gasteiger partial charge in [-0.2, -0.15) is 4.98 Å². The van der Waals surface area contributed by atoms with E-state index in [0.29, 0.717) is 43.5 Å². The average Bonchev–Trinajstić information content (AvgIpc) is 3.26. The van der Waals surface area contributed by atoms with Crippen molar-refractivity contribution in [3.8, 4) is 11.4 Å². The second-order valence-electron chi connectivity index (χ2n) is 8.91. The molecule has 0 aliphatic carbocycles. The molecule has 7 heteroatoms. The highest BCUT2D eigenvalue weighted by Gasteiger charge is 2.41. The lowest BCUT2D eigenvalue weighted by atomic mass is 9.73. The normalized spacial score (nSPS) is 16.1. The number of amides is 1. The third kappa shape index (κ3) is 4.37. The van der Waals surface area contributed by atoms with E-state index in [-0.39, 0.29) is 17.1 Å². The Morgan fingerprint density at radius 3 is 2.26 bits per heavy atom. The van der Waals surface area contributed by atoms with Crippen LogP contribution < -0.4 is 5.32 Å². The largest absolute Gasteiger partial charge is 0.381 e. The minimum Gasteiger partial charge on any atom is -0.381 e. The first-order valence-corrected chi connectivity index (χ1v) is 10.4. The maximum atomic E-state index is 13.4. The molecule has 1 N–H and O–H groups in total. The smallest absolute Gasteiger partial charge is 0.235 e. The number of aromatic nitrogens is 2. The van der Waals surface area contributed by atoms with Crippen LogP contribution in [-0.4, -0.2) is 29.3 Å². The second-order valence-corrected chi connectivity index (χ2v) is 8.91. The molecule has 0 unspecified atom stereocenters. The summed E-state index contributed by atoms with van der Waals surface area (Å²) in [5.74, 6) is 0.637. The quantitative estimate of drug-likeness (QED) is 0.648. The number of nitrogens with zero attached hydrogens (tertiary/aromatic N) is 2. The molecule has 0 spiro atoms. The molecule has 6 nitrogen and oxygen atoms in total. The van der Waals surface area contributed by atoms with Crippen LogP contribution in [0.15, 0.2) is 53.1 Å². The lowest BCUT2D eigenvalue weighted by Gasteiger charge is -2.36. The van der Waals surface area contributed by atoms with Crippen LogP contribution >= 0.6 is 0 Å². The van der Waals surface area contributed by atoms with Crippen molar-refractivity contribution < 1.29 is 18.4 Å². The van der Waals surface area contributed by atoms with E-state index in [0.717, 1.165) is 11.1 Å². The lowest BCUT2D eigenvalue weighted by molar-refractivity contribution is -0.125. The minimum atomic E-state index is -0.750. The Kier molecular flexibility index (Phi) is 5.62. The highest BCUT2D eigenvalue weighted by Crippen LogP contribution is 2.36. The van der Waals surface area contributed by atoms with Crippen molar-refractivity contribution in [3.63, 3.8) is 0 Å². The number of hydrogen-bond acceptors (Lipinski definition) is 5. The summed E-state index contributed by atoms with van der Waals surface area (Å²) >= 11 is 0. The van der Waals surface area contributed by atoms with Crippen molar-refractivity contribution in [1.82, 2.24) is 10.1 Å². The van der Waals surface area contributed by atoms with Crippen LogP contribution in [0.25, 0.3) is 11.4 Å². The summed E-state index contributed by atoms with van der Waals surface area (Å²) in [5.41, 5.74) is 1.29. The van der Waals surface area contributed by atoms with E-state index in [4.69, 9.17) is 9.26 Å². The van der Waals surface area contributed by atoms with Crippen molar-refractivity contribution in [1.29, 1.82) is 0 Å². The Labute approximate surface area is 180 Å². The number of rotatable bonds is 4. The number of nitrogens with one attached hydrogen (secondary N) is 1. The van der Waals surface area contributed by atoms with Crippen molar-refractivity contribution in [2.45, 2.75) is 44.4 Å². The van der Waals surface area contributed by atoms with Gasteiger partial charge in [0.15, 0.2) is 0 Å². The zero-order valence-corrected chi connectivity index (χ0v) is 17.9. The summed E-state index contributed by atoms with van der Waals surface area (Å²) in [4.78, 5) is 17.8. The first-order valence-electron chi connectivity index (χ1n) is 10.4. The zero-order chi connectivity index (χ0) is 22.1. The molecule has 1 aliphatic heterocycles. The van der Waals surface area contributed by atoms with Gasteiger partial charge in [0.05, 0.1) is 5.41 Å².